The molecule has 0 spiro atoms. The second-order valence-electron chi connectivity index (χ2n) is 5.01. The molecule has 19 heavy (non-hydrogen) atoms. The van der Waals surface area contributed by atoms with Crippen LogP contribution in [0.3, 0.4) is 0 Å². The fraction of sp³-hybridized carbons (Fsp3) is 0.625. The minimum atomic E-state index is -0.434. The molecule has 0 aliphatic heterocycles. The number of nitrogens with one attached hydrogen (secondary N) is 1. The lowest BCUT2D eigenvalue weighted by Crippen LogP contribution is -2.31. The van der Waals surface area contributed by atoms with Crippen molar-refractivity contribution in [2.75, 3.05) is 6.54 Å². The molecule has 1 aromatic carbocycles. The Morgan fingerprint density at radius 1 is 1.05 bits per heavy atom. The van der Waals surface area contributed by atoms with Crippen LogP contribution in [0.1, 0.15) is 51.5 Å². The van der Waals surface area contributed by atoms with Gasteiger partial charge in [-0.25, -0.2) is 8.78 Å². The average molecular weight is 269 g/mol. The smallest absolute Gasteiger partial charge is 0.129 e. The predicted molar refractivity (Wildman–Crippen MR) is 76.3 cm³/mol. The minimum absolute atomic E-state index is 0.160. The summed E-state index contributed by atoms with van der Waals surface area (Å²) < 4.78 is 27.3. The molecule has 1 nitrogen and oxygen atoms in total. The summed E-state index contributed by atoms with van der Waals surface area (Å²) in [6.45, 7) is 5.03. The lowest BCUT2D eigenvalue weighted by Gasteiger charge is -2.18. The van der Waals surface area contributed by atoms with E-state index in [4.69, 9.17) is 0 Å². The molecule has 108 valence electrons. The summed E-state index contributed by atoms with van der Waals surface area (Å²) in [7, 11) is 0. The van der Waals surface area contributed by atoms with E-state index in [0.29, 0.717) is 6.42 Å². The van der Waals surface area contributed by atoms with Crippen molar-refractivity contribution >= 4 is 0 Å². The number of unbranched alkanes of at least 4 members (excludes halogenated alkanes) is 3. The quantitative estimate of drug-likeness (QED) is 0.653. The second-order valence-corrected chi connectivity index (χ2v) is 5.01. The van der Waals surface area contributed by atoms with Gasteiger partial charge in [0.2, 0.25) is 0 Å². The summed E-state index contributed by atoms with van der Waals surface area (Å²) in [6, 6.07) is 4.24. The number of halogens is 2. The van der Waals surface area contributed by atoms with E-state index in [1.807, 2.05) is 6.92 Å². The molecular formula is C16H25F2N. The van der Waals surface area contributed by atoms with Gasteiger partial charge in [0, 0.05) is 11.6 Å². The van der Waals surface area contributed by atoms with Gasteiger partial charge in [0.1, 0.15) is 11.6 Å². The van der Waals surface area contributed by atoms with Crippen molar-refractivity contribution in [3.8, 4) is 0 Å². The standard InChI is InChI=1S/C16H25F2N/c1-3-5-6-7-9-13(19-4-2)12-14-15(17)10-8-11-16(14)18/h8,10-11,13,19H,3-7,9,12H2,1-2H3. The van der Waals surface area contributed by atoms with Gasteiger partial charge in [-0.3, -0.25) is 0 Å². The molecule has 1 atom stereocenters. The summed E-state index contributed by atoms with van der Waals surface area (Å²) >= 11 is 0. The zero-order chi connectivity index (χ0) is 14.1. The molecule has 1 aromatic rings. The highest BCUT2D eigenvalue weighted by atomic mass is 19.1. The number of benzene rings is 1. The van der Waals surface area contributed by atoms with E-state index >= 15 is 0 Å². The van der Waals surface area contributed by atoms with Crippen LogP contribution in [0.4, 0.5) is 8.78 Å². The normalized spacial score (nSPS) is 12.6. The largest absolute Gasteiger partial charge is 0.314 e. The Morgan fingerprint density at radius 3 is 2.32 bits per heavy atom. The molecule has 0 aliphatic rings. The molecule has 0 bridgehead atoms. The van der Waals surface area contributed by atoms with E-state index in [1.165, 1.54) is 37.5 Å². The monoisotopic (exact) mass is 269 g/mol. The van der Waals surface area contributed by atoms with E-state index < -0.39 is 11.6 Å². The summed E-state index contributed by atoms with van der Waals surface area (Å²) in [4.78, 5) is 0. The molecule has 1 rings (SSSR count). The number of hydrogen-bond donors (Lipinski definition) is 1. The van der Waals surface area contributed by atoms with Gasteiger partial charge in [0.15, 0.2) is 0 Å². The Balaban J connectivity index is 2.57. The lowest BCUT2D eigenvalue weighted by molar-refractivity contribution is 0.444. The Bertz CT molecular complexity index is 346. The fourth-order valence-electron chi connectivity index (χ4n) is 2.36. The molecule has 0 aromatic heterocycles. The maximum Gasteiger partial charge on any atom is 0.129 e. The highest BCUT2D eigenvalue weighted by Gasteiger charge is 2.14. The molecular weight excluding hydrogens is 244 g/mol. The third kappa shape index (κ3) is 5.68. The van der Waals surface area contributed by atoms with Crippen LogP contribution in [0.5, 0.6) is 0 Å². The van der Waals surface area contributed by atoms with Gasteiger partial charge in [-0.2, -0.15) is 0 Å². The first-order valence-electron chi connectivity index (χ1n) is 7.35. The summed E-state index contributed by atoms with van der Waals surface area (Å²) in [6.07, 6.45) is 6.14. The molecule has 0 saturated carbocycles. The van der Waals surface area contributed by atoms with Gasteiger partial charge in [0.05, 0.1) is 0 Å². The third-order valence-corrected chi connectivity index (χ3v) is 3.41. The Labute approximate surface area is 115 Å². The summed E-state index contributed by atoms with van der Waals surface area (Å²) in [5.41, 5.74) is 0.212. The zero-order valence-electron chi connectivity index (χ0n) is 12.0. The van der Waals surface area contributed by atoms with Crippen molar-refractivity contribution in [2.24, 2.45) is 0 Å². The van der Waals surface area contributed by atoms with Crippen LogP contribution in [0, 0.1) is 11.6 Å². The fourth-order valence-corrected chi connectivity index (χ4v) is 2.36. The molecule has 0 amide bonds. The van der Waals surface area contributed by atoms with Crippen molar-refractivity contribution in [1.29, 1.82) is 0 Å². The van der Waals surface area contributed by atoms with E-state index in [-0.39, 0.29) is 11.6 Å². The SMILES string of the molecule is CCCCCCC(Cc1c(F)cccc1F)NCC. The van der Waals surface area contributed by atoms with Crippen molar-refractivity contribution in [2.45, 2.75) is 58.4 Å². The predicted octanol–water partition coefficient (Wildman–Crippen LogP) is 4.46. The van der Waals surface area contributed by atoms with Gasteiger partial charge in [0.25, 0.3) is 0 Å². The van der Waals surface area contributed by atoms with Crippen LogP contribution >= 0.6 is 0 Å². The van der Waals surface area contributed by atoms with Gasteiger partial charge >= 0.3 is 0 Å². The molecule has 0 saturated heterocycles. The van der Waals surface area contributed by atoms with Crippen molar-refractivity contribution < 1.29 is 8.78 Å². The third-order valence-electron chi connectivity index (χ3n) is 3.41. The van der Waals surface area contributed by atoms with Crippen LogP contribution in [0.2, 0.25) is 0 Å². The van der Waals surface area contributed by atoms with Crippen LogP contribution in [-0.2, 0) is 6.42 Å². The first kappa shape index (κ1) is 16.1. The van der Waals surface area contributed by atoms with E-state index in [9.17, 15) is 8.78 Å². The summed E-state index contributed by atoms with van der Waals surface area (Å²) in [5, 5.41) is 3.33. The van der Waals surface area contributed by atoms with E-state index in [2.05, 4.69) is 12.2 Å². The van der Waals surface area contributed by atoms with Crippen LogP contribution in [0.25, 0.3) is 0 Å². The first-order chi connectivity index (χ1) is 9.19. The maximum atomic E-state index is 13.6. The zero-order valence-corrected chi connectivity index (χ0v) is 12.0. The number of likely N-dealkylation sites (N-methyl/N-ethyl adjacent to an activating group) is 1. The lowest BCUT2D eigenvalue weighted by atomic mass is 9.99. The topological polar surface area (TPSA) is 12.0 Å². The van der Waals surface area contributed by atoms with Crippen LogP contribution in [0.15, 0.2) is 18.2 Å². The average Bonchev–Trinajstić information content (AvgIpc) is 2.39. The molecule has 3 heteroatoms. The Morgan fingerprint density at radius 2 is 1.74 bits per heavy atom. The van der Waals surface area contributed by atoms with E-state index in [1.54, 1.807) is 0 Å². The molecule has 0 heterocycles. The number of hydrogen-bond acceptors (Lipinski definition) is 1. The van der Waals surface area contributed by atoms with Crippen LogP contribution < -0.4 is 5.32 Å². The van der Waals surface area contributed by atoms with Gasteiger partial charge in [-0.05, 0) is 31.5 Å². The highest BCUT2D eigenvalue weighted by Crippen LogP contribution is 2.17. The van der Waals surface area contributed by atoms with Gasteiger partial charge < -0.3 is 5.32 Å². The van der Waals surface area contributed by atoms with E-state index in [0.717, 1.165) is 19.4 Å². The van der Waals surface area contributed by atoms with Crippen molar-refractivity contribution in [3.05, 3.63) is 35.4 Å². The Kier molecular flexibility index (Phi) is 7.65. The second kappa shape index (κ2) is 9.03. The first-order valence-corrected chi connectivity index (χ1v) is 7.35. The maximum absolute atomic E-state index is 13.6. The van der Waals surface area contributed by atoms with Crippen LogP contribution in [-0.4, -0.2) is 12.6 Å². The van der Waals surface area contributed by atoms with Crippen molar-refractivity contribution in [1.82, 2.24) is 5.32 Å². The highest BCUT2D eigenvalue weighted by molar-refractivity contribution is 5.20. The summed E-state index contributed by atoms with van der Waals surface area (Å²) in [5.74, 6) is -0.868. The molecule has 0 aliphatic carbocycles. The molecule has 1 N–H and O–H groups in total. The molecule has 0 fully saturated rings. The minimum Gasteiger partial charge on any atom is -0.314 e. The molecule has 1 unspecified atom stereocenters. The van der Waals surface area contributed by atoms with Gasteiger partial charge in [-0.1, -0.05) is 45.6 Å². The Hall–Kier alpha value is -0.960. The molecule has 0 radical (unpaired) electrons. The van der Waals surface area contributed by atoms with Gasteiger partial charge in [-0.15, -0.1) is 0 Å². The van der Waals surface area contributed by atoms with Crippen molar-refractivity contribution in [3.63, 3.8) is 0 Å². The number of rotatable bonds is 9.